The van der Waals surface area contributed by atoms with Crippen LogP contribution in [0.5, 0.6) is 0 Å². The van der Waals surface area contributed by atoms with Crippen LogP contribution in [-0.2, 0) is 0 Å². The van der Waals surface area contributed by atoms with E-state index in [-0.39, 0.29) is 29.3 Å². The first-order valence-electron chi connectivity index (χ1n) is 8.58. The summed E-state index contributed by atoms with van der Waals surface area (Å²) >= 11 is 1.57. The molecule has 2 N–H and O–H groups in total. The van der Waals surface area contributed by atoms with E-state index in [1.807, 2.05) is 30.5 Å². The van der Waals surface area contributed by atoms with Gasteiger partial charge in [-0.1, -0.05) is 12.1 Å². The van der Waals surface area contributed by atoms with Crippen molar-refractivity contribution in [3.8, 4) is 0 Å². The molecule has 1 atom stereocenters. The Balaban J connectivity index is 1.64. The van der Waals surface area contributed by atoms with Crippen molar-refractivity contribution >= 4 is 28.2 Å². The van der Waals surface area contributed by atoms with Crippen LogP contribution in [-0.4, -0.2) is 17.1 Å². The molecule has 1 fully saturated rings. The molecule has 0 spiro atoms. The highest BCUT2D eigenvalue weighted by molar-refractivity contribution is 7.10. The first-order valence-corrected chi connectivity index (χ1v) is 9.46. The minimum atomic E-state index is -0.412. The van der Waals surface area contributed by atoms with Gasteiger partial charge in [0.25, 0.3) is 5.91 Å². The van der Waals surface area contributed by atoms with Gasteiger partial charge in [0.05, 0.1) is 17.5 Å². The van der Waals surface area contributed by atoms with Gasteiger partial charge >= 0.3 is 0 Å². The molecule has 0 aliphatic heterocycles. The minimum absolute atomic E-state index is 0.00882. The molecule has 1 aromatic carbocycles. The lowest BCUT2D eigenvalue weighted by atomic mass is 9.76. The fourth-order valence-electron chi connectivity index (χ4n) is 3.38. The van der Waals surface area contributed by atoms with E-state index in [1.54, 1.807) is 23.5 Å². The van der Waals surface area contributed by atoms with Crippen molar-refractivity contribution in [1.29, 1.82) is 0 Å². The molecular formula is C20H19NO4S. The highest BCUT2D eigenvalue weighted by Crippen LogP contribution is 2.39. The SMILES string of the molecule is Cc1ccc2c(=O)cc(C(=O)NC(c3cccs3)C3CC(O)C3)oc2c1. The van der Waals surface area contributed by atoms with Crippen LogP contribution >= 0.6 is 11.3 Å². The van der Waals surface area contributed by atoms with Crippen molar-refractivity contribution < 1.29 is 14.3 Å². The Labute approximate surface area is 154 Å². The van der Waals surface area contributed by atoms with Crippen LogP contribution in [0.3, 0.4) is 0 Å². The second-order valence-corrected chi connectivity index (χ2v) is 7.81. The van der Waals surface area contributed by atoms with Gasteiger partial charge < -0.3 is 14.8 Å². The van der Waals surface area contributed by atoms with E-state index in [2.05, 4.69) is 5.32 Å². The Morgan fingerprint density at radius 1 is 1.31 bits per heavy atom. The summed E-state index contributed by atoms with van der Waals surface area (Å²) in [6.45, 7) is 1.90. The van der Waals surface area contributed by atoms with E-state index in [0.29, 0.717) is 23.8 Å². The molecule has 4 rings (SSSR count). The third-order valence-electron chi connectivity index (χ3n) is 4.87. The molecule has 26 heavy (non-hydrogen) atoms. The van der Waals surface area contributed by atoms with Crippen LogP contribution in [0.4, 0.5) is 0 Å². The number of aliphatic hydroxyl groups excluding tert-OH is 1. The second kappa shape index (κ2) is 6.70. The van der Waals surface area contributed by atoms with Crippen LogP contribution in [0, 0.1) is 12.8 Å². The Morgan fingerprint density at radius 2 is 2.12 bits per heavy atom. The van der Waals surface area contributed by atoms with E-state index in [9.17, 15) is 14.7 Å². The molecule has 1 aliphatic carbocycles. The lowest BCUT2D eigenvalue weighted by Crippen LogP contribution is -2.41. The molecule has 0 saturated heterocycles. The maximum absolute atomic E-state index is 12.8. The zero-order chi connectivity index (χ0) is 18.3. The summed E-state index contributed by atoms with van der Waals surface area (Å²) in [5.41, 5.74) is 1.13. The molecular weight excluding hydrogens is 350 g/mol. The van der Waals surface area contributed by atoms with Crippen LogP contribution < -0.4 is 10.7 Å². The summed E-state index contributed by atoms with van der Waals surface area (Å²) < 4.78 is 5.70. The molecule has 1 unspecified atom stereocenters. The van der Waals surface area contributed by atoms with Gasteiger partial charge in [-0.05, 0) is 54.8 Å². The average molecular weight is 369 g/mol. The summed E-state index contributed by atoms with van der Waals surface area (Å²) in [4.78, 5) is 26.1. The average Bonchev–Trinajstić information content (AvgIpc) is 3.10. The lowest BCUT2D eigenvalue weighted by molar-refractivity contribution is 0.0238. The molecule has 1 amide bonds. The number of rotatable bonds is 4. The monoisotopic (exact) mass is 369 g/mol. The van der Waals surface area contributed by atoms with Gasteiger partial charge in [-0.15, -0.1) is 11.3 Å². The summed E-state index contributed by atoms with van der Waals surface area (Å²) in [5.74, 6) is -0.221. The molecule has 0 bridgehead atoms. The number of hydrogen-bond donors (Lipinski definition) is 2. The molecule has 3 aromatic rings. The number of fused-ring (bicyclic) bond motifs is 1. The zero-order valence-electron chi connectivity index (χ0n) is 14.3. The molecule has 2 heterocycles. The normalized spacial score (nSPS) is 20.5. The van der Waals surface area contributed by atoms with Gasteiger partial charge in [0, 0.05) is 10.9 Å². The lowest BCUT2D eigenvalue weighted by Gasteiger charge is -2.37. The van der Waals surface area contributed by atoms with Crippen molar-refractivity contribution in [1.82, 2.24) is 5.32 Å². The fourth-order valence-corrected chi connectivity index (χ4v) is 4.25. The quantitative estimate of drug-likeness (QED) is 0.739. The van der Waals surface area contributed by atoms with E-state index in [4.69, 9.17) is 4.42 Å². The summed E-state index contributed by atoms with van der Waals surface area (Å²) in [6.07, 6.45) is 1.01. The smallest absolute Gasteiger partial charge is 0.287 e. The van der Waals surface area contributed by atoms with Crippen LogP contribution in [0.1, 0.15) is 39.9 Å². The van der Waals surface area contributed by atoms with E-state index in [1.165, 1.54) is 6.07 Å². The predicted molar refractivity (Wildman–Crippen MR) is 100 cm³/mol. The molecule has 2 aromatic heterocycles. The van der Waals surface area contributed by atoms with Crippen molar-refractivity contribution in [3.05, 3.63) is 68.2 Å². The number of aliphatic hydroxyl groups is 1. The van der Waals surface area contributed by atoms with Gasteiger partial charge in [0.15, 0.2) is 11.2 Å². The van der Waals surface area contributed by atoms with Gasteiger partial charge in [-0.3, -0.25) is 9.59 Å². The number of thiophene rings is 1. The minimum Gasteiger partial charge on any atom is -0.451 e. The molecule has 1 aliphatic rings. The Kier molecular flexibility index (Phi) is 4.38. The first-order chi connectivity index (χ1) is 12.5. The number of amides is 1. The van der Waals surface area contributed by atoms with E-state index in [0.717, 1.165) is 10.4 Å². The highest BCUT2D eigenvalue weighted by Gasteiger charge is 2.36. The van der Waals surface area contributed by atoms with Gasteiger partial charge in [0.2, 0.25) is 0 Å². The van der Waals surface area contributed by atoms with Crippen LogP contribution in [0.15, 0.2) is 51.0 Å². The van der Waals surface area contributed by atoms with Crippen LogP contribution in [0.2, 0.25) is 0 Å². The summed E-state index contributed by atoms with van der Waals surface area (Å²) in [6, 6.07) is 10.3. The van der Waals surface area contributed by atoms with Crippen molar-refractivity contribution in [2.24, 2.45) is 5.92 Å². The maximum atomic E-state index is 12.8. The third kappa shape index (κ3) is 3.18. The molecule has 5 nitrogen and oxygen atoms in total. The third-order valence-corrected chi connectivity index (χ3v) is 5.82. The van der Waals surface area contributed by atoms with Crippen LogP contribution in [0.25, 0.3) is 11.0 Å². The maximum Gasteiger partial charge on any atom is 0.287 e. The van der Waals surface area contributed by atoms with Gasteiger partial charge in [-0.25, -0.2) is 0 Å². The number of carbonyl (C=O) groups excluding carboxylic acids is 1. The highest BCUT2D eigenvalue weighted by atomic mass is 32.1. The molecule has 0 radical (unpaired) electrons. The van der Waals surface area contributed by atoms with Gasteiger partial charge in [-0.2, -0.15) is 0 Å². The Morgan fingerprint density at radius 3 is 2.81 bits per heavy atom. The molecule has 6 heteroatoms. The topological polar surface area (TPSA) is 79.5 Å². The number of benzene rings is 1. The molecule has 134 valence electrons. The fraction of sp³-hybridized carbons (Fsp3) is 0.300. The molecule has 1 saturated carbocycles. The number of aryl methyl sites for hydroxylation is 1. The summed E-state index contributed by atoms with van der Waals surface area (Å²) in [7, 11) is 0. The summed E-state index contributed by atoms with van der Waals surface area (Å²) in [5, 5.41) is 15.0. The zero-order valence-corrected chi connectivity index (χ0v) is 15.1. The number of carbonyl (C=O) groups is 1. The second-order valence-electron chi connectivity index (χ2n) is 6.83. The van der Waals surface area contributed by atoms with Gasteiger partial charge in [0.1, 0.15) is 5.58 Å². The number of nitrogens with one attached hydrogen (secondary N) is 1. The largest absolute Gasteiger partial charge is 0.451 e. The number of hydrogen-bond acceptors (Lipinski definition) is 5. The Hall–Kier alpha value is -2.44. The first kappa shape index (κ1) is 17.0. The standard InChI is InChI=1S/C20H19NO4S/c1-11-4-5-14-15(23)10-17(25-16(14)7-11)20(24)21-19(12-8-13(22)9-12)18-3-2-6-26-18/h2-7,10,12-13,19,22H,8-9H2,1H3,(H,21,24). The van der Waals surface area contributed by atoms with Crippen molar-refractivity contribution in [2.75, 3.05) is 0 Å². The Bertz CT molecular complexity index is 1000. The van der Waals surface area contributed by atoms with Crippen molar-refractivity contribution in [3.63, 3.8) is 0 Å². The van der Waals surface area contributed by atoms with Crippen molar-refractivity contribution in [2.45, 2.75) is 31.9 Å². The predicted octanol–water partition coefficient (Wildman–Crippen LogP) is 3.40. The van der Waals surface area contributed by atoms with E-state index >= 15 is 0 Å². The van der Waals surface area contributed by atoms with E-state index < -0.39 is 5.91 Å².